The van der Waals surface area contributed by atoms with Gasteiger partial charge in [0.1, 0.15) is 0 Å². The van der Waals surface area contributed by atoms with Crippen molar-refractivity contribution in [1.29, 1.82) is 0 Å². The van der Waals surface area contributed by atoms with E-state index in [9.17, 15) is 0 Å². The Morgan fingerprint density at radius 2 is 1.65 bits per heavy atom. The number of hydrogen-bond donors (Lipinski definition) is 1. The van der Waals surface area contributed by atoms with E-state index < -0.39 is 0 Å². The number of hydrogen-bond acceptors (Lipinski definition) is 4. The molecule has 0 amide bonds. The normalized spacial score (nSPS) is 10.0. The standard InChI is InChI=1S/C20H28N2O2.2ClH/c1-22(2)13-12-21-16-18-9-10-19(20(15-18)23-3)24-14-11-17-7-5-4-6-8-17;;/h4-10,15,21H,11-14,16H2,1-3H3;2*1H. The molecule has 4 nitrogen and oxygen atoms in total. The maximum absolute atomic E-state index is 5.89. The van der Waals surface area contributed by atoms with Gasteiger partial charge in [-0.3, -0.25) is 0 Å². The molecule has 1 N–H and O–H groups in total. The van der Waals surface area contributed by atoms with Crippen molar-refractivity contribution < 1.29 is 9.47 Å². The number of ether oxygens (including phenoxy) is 2. The highest BCUT2D eigenvalue weighted by molar-refractivity contribution is 5.85. The fraction of sp³-hybridized carbons (Fsp3) is 0.400. The van der Waals surface area contributed by atoms with Crippen LogP contribution < -0.4 is 14.8 Å². The highest BCUT2D eigenvalue weighted by Crippen LogP contribution is 2.28. The van der Waals surface area contributed by atoms with E-state index in [4.69, 9.17) is 9.47 Å². The Balaban J connectivity index is 0.00000312. The van der Waals surface area contributed by atoms with Crippen LogP contribution in [0.1, 0.15) is 11.1 Å². The van der Waals surface area contributed by atoms with Gasteiger partial charge in [0, 0.05) is 26.1 Å². The van der Waals surface area contributed by atoms with E-state index in [1.165, 1.54) is 11.1 Å². The second-order valence-corrected chi connectivity index (χ2v) is 6.05. The van der Waals surface area contributed by atoms with Crippen LogP contribution in [0, 0.1) is 0 Å². The Morgan fingerprint density at radius 1 is 0.923 bits per heavy atom. The summed E-state index contributed by atoms with van der Waals surface area (Å²) in [5.41, 5.74) is 2.47. The van der Waals surface area contributed by atoms with Gasteiger partial charge in [-0.2, -0.15) is 0 Å². The molecule has 0 aliphatic heterocycles. The molecule has 2 rings (SSSR count). The first-order chi connectivity index (χ1) is 11.7. The summed E-state index contributed by atoms with van der Waals surface area (Å²) in [6.07, 6.45) is 0.887. The molecular weight excluding hydrogens is 371 g/mol. The molecule has 0 aliphatic rings. The first-order valence-electron chi connectivity index (χ1n) is 8.38. The van der Waals surface area contributed by atoms with E-state index in [2.05, 4.69) is 42.5 Å². The van der Waals surface area contributed by atoms with Crippen LogP contribution in [0.4, 0.5) is 0 Å². The zero-order valence-corrected chi connectivity index (χ0v) is 17.4. The molecule has 0 fully saturated rings. The Hall–Kier alpha value is -1.46. The van der Waals surface area contributed by atoms with Gasteiger partial charge in [0.15, 0.2) is 11.5 Å². The number of nitrogens with one attached hydrogen (secondary N) is 1. The average molecular weight is 401 g/mol. The van der Waals surface area contributed by atoms with Gasteiger partial charge in [0.25, 0.3) is 0 Å². The zero-order chi connectivity index (χ0) is 17.2. The molecule has 26 heavy (non-hydrogen) atoms. The molecule has 0 saturated heterocycles. The number of nitrogens with zero attached hydrogens (tertiary/aromatic N) is 1. The molecule has 146 valence electrons. The predicted octanol–water partition coefficient (Wildman–Crippen LogP) is 3.81. The lowest BCUT2D eigenvalue weighted by Crippen LogP contribution is -2.26. The predicted molar refractivity (Wildman–Crippen MR) is 113 cm³/mol. The number of methoxy groups -OCH3 is 1. The molecule has 2 aromatic rings. The summed E-state index contributed by atoms with van der Waals surface area (Å²) in [7, 11) is 5.83. The van der Waals surface area contributed by atoms with Crippen molar-refractivity contribution in [3.05, 3.63) is 59.7 Å². The van der Waals surface area contributed by atoms with Gasteiger partial charge in [-0.05, 0) is 37.4 Å². The Bertz CT molecular complexity index is 610. The van der Waals surface area contributed by atoms with Crippen molar-refractivity contribution in [1.82, 2.24) is 10.2 Å². The molecular formula is C20H30Cl2N2O2. The number of halogens is 2. The summed E-state index contributed by atoms with van der Waals surface area (Å²) in [6, 6.07) is 16.5. The lowest BCUT2D eigenvalue weighted by atomic mass is 10.1. The van der Waals surface area contributed by atoms with Crippen LogP contribution in [0.5, 0.6) is 11.5 Å². The first-order valence-corrected chi connectivity index (χ1v) is 8.38. The van der Waals surface area contributed by atoms with E-state index in [1.807, 2.05) is 30.3 Å². The minimum absolute atomic E-state index is 0. The van der Waals surface area contributed by atoms with Crippen molar-refractivity contribution in [3.63, 3.8) is 0 Å². The summed E-state index contributed by atoms with van der Waals surface area (Å²) < 4.78 is 11.4. The largest absolute Gasteiger partial charge is 0.493 e. The maximum atomic E-state index is 5.89. The highest BCUT2D eigenvalue weighted by Gasteiger charge is 2.06. The topological polar surface area (TPSA) is 33.7 Å². The SMILES string of the molecule is COc1cc(CNCCN(C)C)ccc1OCCc1ccccc1.Cl.Cl. The second kappa shape index (κ2) is 13.7. The number of rotatable bonds is 10. The first kappa shape index (κ1) is 24.5. The smallest absolute Gasteiger partial charge is 0.161 e. The fourth-order valence-electron chi connectivity index (χ4n) is 2.40. The Kier molecular flexibility index (Phi) is 12.9. The van der Waals surface area contributed by atoms with Gasteiger partial charge in [0.2, 0.25) is 0 Å². The number of benzene rings is 2. The van der Waals surface area contributed by atoms with Gasteiger partial charge in [-0.15, -0.1) is 24.8 Å². The third-order valence-corrected chi connectivity index (χ3v) is 3.78. The average Bonchev–Trinajstić information content (AvgIpc) is 2.60. The highest BCUT2D eigenvalue weighted by atomic mass is 35.5. The van der Waals surface area contributed by atoms with E-state index in [0.717, 1.165) is 37.6 Å². The lowest BCUT2D eigenvalue weighted by Gasteiger charge is -2.13. The summed E-state index contributed by atoms with van der Waals surface area (Å²) in [5.74, 6) is 1.58. The fourth-order valence-corrected chi connectivity index (χ4v) is 2.40. The Labute approximate surface area is 169 Å². The van der Waals surface area contributed by atoms with Gasteiger partial charge >= 0.3 is 0 Å². The summed E-state index contributed by atoms with van der Waals surface area (Å²) in [4.78, 5) is 2.16. The zero-order valence-electron chi connectivity index (χ0n) is 15.7. The monoisotopic (exact) mass is 400 g/mol. The van der Waals surface area contributed by atoms with Crippen LogP contribution in [0.25, 0.3) is 0 Å². The van der Waals surface area contributed by atoms with Gasteiger partial charge in [-0.25, -0.2) is 0 Å². The van der Waals surface area contributed by atoms with Crippen molar-refractivity contribution in [2.45, 2.75) is 13.0 Å². The molecule has 0 bridgehead atoms. The molecule has 6 heteroatoms. The van der Waals surface area contributed by atoms with Crippen LogP contribution in [-0.4, -0.2) is 45.8 Å². The van der Waals surface area contributed by atoms with E-state index in [-0.39, 0.29) is 24.8 Å². The van der Waals surface area contributed by atoms with Crippen LogP contribution in [-0.2, 0) is 13.0 Å². The maximum Gasteiger partial charge on any atom is 0.161 e. The van der Waals surface area contributed by atoms with E-state index >= 15 is 0 Å². The third kappa shape index (κ3) is 8.77. The van der Waals surface area contributed by atoms with E-state index in [0.29, 0.717) is 6.61 Å². The second-order valence-electron chi connectivity index (χ2n) is 6.05. The molecule has 0 heterocycles. The minimum atomic E-state index is 0. The quantitative estimate of drug-likeness (QED) is 0.614. The van der Waals surface area contributed by atoms with Crippen LogP contribution in [0.2, 0.25) is 0 Å². The summed E-state index contributed by atoms with van der Waals surface area (Å²) in [6.45, 7) is 3.46. The summed E-state index contributed by atoms with van der Waals surface area (Å²) in [5, 5.41) is 3.43. The van der Waals surface area contributed by atoms with Crippen molar-refractivity contribution in [2.75, 3.05) is 40.9 Å². The van der Waals surface area contributed by atoms with Crippen molar-refractivity contribution in [2.24, 2.45) is 0 Å². The van der Waals surface area contributed by atoms with E-state index in [1.54, 1.807) is 7.11 Å². The van der Waals surface area contributed by atoms with Crippen molar-refractivity contribution in [3.8, 4) is 11.5 Å². The number of likely N-dealkylation sites (N-methyl/N-ethyl adjacent to an activating group) is 1. The summed E-state index contributed by atoms with van der Waals surface area (Å²) >= 11 is 0. The molecule has 0 spiro atoms. The minimum Gasteiger partial charge on any atom is -0.493 e. The van der Waals surface area contributed by atoms with Crippen LogP contribution >= 0.6 is 24.8 Å². The van der Waals surface area contributed by atoms with Crippen LogP contribution in [0.15, 0.2) is 48.5 Å². The van der Waals surface area contributed by atoms with Gasteiger partial charge in [-0.1, -0.05) is 36.4 Å². The Morgan fingerprint density at radius 3 is 2.31 bits per heavy atom. The molecule has 0 aromatic heterocycles. The van der Waals surface area contributed by atoms with Crippen LogP contribution in [0.3, 0.4) is 0 Å². The molecule has 2 aromatic carbocycles. The van der Waals surface area contributed by atoms with Crippen molar-refractivity contribution >= 4 is 24.8 Å². The molecule has 0 unspecified atom stereocenters. The molecule has 0 radical (unpaired) electrons. The van der Waals surface area contributed by atoms with Gasteiger partial charge in [0.05, 0.1) is 13.7 Å². The molecule has 0 aliphatic carbocycles. The molecule has 0 atom stereocenters. The van der Waals surface area contributed by atoms with Gasteiger partial charge < -0.3 is 19.7 Å². The lowest BCUT2D eigenvalue weighted by molar-refractivity contribution is 0.297. The third-order valence-electron chi connectivity index (χ3n) is 3.78. The molecule has 0 saturated carbocycles.